The summed E-state index contributed by atoms with van der Waals surface area (Å²) in [5.74, 6) is -0.205. The summed E-state index contributed by atoms with van der Waals surface area (Å²) >= 11 is 0. The molecule has 5 heteroatoms. The number of nitrogens with zero attached hydrogens (tertiary/aromatic N) is 2. The van der Waals surface area contributed by atoms with Crippen molar-refractivity contribution >= 4 is 17.3 Å². The van der Waals surface area contributed by atoms with Crippen molar-refractivity contribution in [1.29, 1.82) is 0 Å². The van der Waals surface area contributed by atoms with Crippen LogP contribution in [0.5, 0.6) is 0 Å². The van der Waals surface area contributed by atoms with Gasteiger partial charge in [-0.3, -0.25) is 9.89 Å². The number of aryl methyl sites for hydroxylation is 3. The second-order valence-corrected chi connectivity index (χ2v) is 5.03. The number of carbonyl (C=O) groups is 1. The molecule has 1 heterocycles. The molecule has 0 spiro atoms. The summed E-state index contributed by atoms with van der Waals surface area (Å²) in [6, 6.07) is 6.00. The Morgan fingerprint density at radius 3 is 2.40 bits per heavy atom. The number of nitrogens with two attached hydrogens (primary N) is 1. The monoisotopic (exact) mass is 272 g/mol. The molecule has 0 saturated carbocycles. The molecule has 0 aliphatic heterocycles. The number of amides is 1. The zero-order valence-corrected chi connectivity index (χ0v) is 12.3. The van der Waals surface area contributed by atoms with Crippen LogP contribution in [0.3, 0.4) is 0 Å². The molecule has 1 aromatic heterocycles. The Balaban J connectivity index is 2.34. The number of anilines is 2. The summed E-state index contributed by atoms with van der Waals surface area (Å²) in [5, 5.41) is 6.85. The molecule has 0 unspecified atom stereocenters. The fourth-order valence-corrected chi connectivity index (χ4v) is 2.24. The fourth-order valence-electron chi connectivity index (χ4n) is 2.24. The molecule has 0 atom stereocenters. The van der Waals surface area contributed by atoms with E-state index in [-0.39, 0.29) is 11.6 Å². The van der Waals surface area contributed by atoms with Crippen LogP contribution in [-0.2, 0) is 6.42 Å². The smallest absolute Gasteiger partial charge is 0.280 e. The summed E-state index contributed by atoms with van der Waals surface area (Å²) in [6.07, 6.45) is 0.722. The van der Waals surface area contributed by atoms with E-state index < -0.39 is 0 Å². The standard InChI is InChI=1S/C15H20N4O/c1-5-12-13(16)14(18-17-12)15(20)19(4)11-7-9(2)6-10(3)8-11/h6-8H,5,16H2,1-4H3,(H,17,18). The van der Waals surface area contributed by atoms with Gasteiger partial charge in [0.15, 0.2) is 5.69 Å². The van der Waals surface area contributed by atoms with Crippen LogP contribution in [0.1, 0.15) is 34.2 Å². The van der Waals surface area contributed by atoms with Crippen LogP contribution in [-0.4, -0.2) is 23.2 Å². The van der Waals surface area contributed by atoms with E-state index >= 15 is 0 Å². The molecule has 20 heavy (non-hydrogen) atoms. The first kappa shape index (κ1) is 14.1. The van der Waals surface area contributed by atoms with Gasteiger partial charge in [-0.25, -0.2) is 0 Å². The zero-order chi connectivity index (χ0) is 14.9. The first-order valence-corrected chi connectivity index (χ1v) is 6.63. The van der Waals surface area contributed by atoms with Gasteiger partial charge in [-0.15, -0.1) is 0 Å². The van der Waals surface area contributed by atoms with E-state index in [4.69, 9.17) is 5.73 Å². The van der Waals surface area contributed by atoms with Gasteiger partial charge in [0, 0.05) is 12.7 Å². The van der Waals surface area contributed by atoms with E-state index in [1.54, 1.807) is 11.9 Å². The number of benzene rings is 1. The van der Waals surface area contributed by atoms with E-state index in [9.17, 15) is 4.79 Å². The molecule has 1 amide bonds. The first-order valence-electron chi connectivity index (χ1n) is 6.63. The number of aromatic nitrogens is 2. The first-order chi connectivity index (χ1) is 9.43. The summed E-state index contributed by atoms with van der Waals surface area (Å²) in [7, 11) is 1.73. The molecule has 3 N–H and O–H groups in total. The third-order valence-electron chi connectivity index (χ3n) is 3.34. The van der Waals surface area contributed by atoms with Gasteiger partial charge >= 0.3 is 0 Å². The molecular weight excluding hydrogens is 252 g/mol. The van der Waals surface area contributed by atoms with Gasteiger partial charge in [-0.1, -0.05) is 13.0 Å². The van der Waals surface area contributed by atoms with E-state index in [2.05, 4.69) is 16.3 Å². The highest BCUT2D eigenvalue weighted by molar-refractivity contribution is 6.07. The number of hydrogen-bond acceptors (Lipinski definition) is 3. The van der Waals surface area contributed by atoms with Gasteiger partial charge in [0.05, 0.1) is 11.4 Å². The lowest BCUT2D eigenvalue weighted by Gasteiger charge is -2.17. The fraction of sp³-hybridized carbons (Fsp3) is 0.333. The van der Waals surface area contributed by atoms with Crippen molar-refractivity contribution in [2.75, 3.05) is 17.7 Å². The van der Waals surface area contributed by atoms with Gasteiger partial charge in [0.1, 0.15) is 0 Å². The van der Waals surface area contributed by atoms with Gasteiger partial charge in [-0.05, 0) is 43.5 Å². The molecule has 2 rings (SSSR count). The Morgan fingerprint density at radius 1 is 1.30 bits per heavy atom. The van der Waals surface area contributed by atoms with E-state index in [1.165, 1.54) is 0 Å². The summed E-state index contributed by atoms with van der Waals surface area (Å²) < 4.78 is 0. The predicted octanol–water partition coefficient (Wildman–Crippen LogP) is 2.45. The maximum atomic E-state index is 12.5. The second kappa shape index (κ2) is 5.36. The number of rotatable bonds is 3. The van der Waals surface area contributed by atoms with Crippen molar-refractivity contribution in [3.63, 3.8) is 0 Å². The molecular formula is C15H20N4O. The lowest BCUT2D eigenvalue weighted by atomic mass is 10.1. The highest BCUT2D eigenvalue weighted by Gasteiger charge is 2.21. The molecule has 0 bridgehead atoms. The van der Waals surface area contributed by atoms with Crippen LogP contribution in [0.25, 0.3) is 0 Å². The molecule has 5 nitrogen and oxygen atoms in total. The number of nitrogen functional groups attached to an aromatic ring is 1. The zero-order valence-electron chi connectivity index (χ0n) is 12.3. The summed E-state index contributed by atoms with van der Waals surface area (Å²) in [6.45, 7) is 5.98. The maximum Gasteiger partial charge on any atom is 0.280 e. The number of aromatic amines is 1. The van der Waals surface area contributed by atoms with E-state index in [0.29, 0.717) is 5.69 Å². The van der Waals surface area contributed by atoms with Crippen LogP contribution >= 0.6 is 0 Å². The maximum absolute atomic E-state index is 12.5. The van der Waals surface area contributed by atoms with Gasteiger partial charge in [-0.2, -0.15) is 5.10 Å². The summed E-state index contributed by atoms with van der Waals surface area (Å²) in [4.78, 5) is 14.1. The van der Waals surface area contributed by atoms with Gasteiger partial charge in [0.25, 0.3) is 5.91 Å². The normalized spacial score (nSPS) is 10.6. The predicted molar refractivity (Wildman–Crippen MR) is 81.0 cm³/mol. The highest BCUT2D eigenvalue weighted by atomic mass is 16.2. The quantitative estimate of drug-likeness (QED) is 0.901. The molecule has 2 aromatic rings. The molecule has 0 radical (unpaired) electrons. The number of hydrogen-bond donors (Lipinski definition) is 2. The van der Waals surface area contributed by atoms with Crippen LogP contribution in [0.4, 0.5) is 11.4 Å². The Kier molecular flexibility index (Phi) is 3.79. The van der Waals surface area contributed by atoms with Crippen LogP contribution in [0.15, 0.2) is 18.2 Å². The number of nitrogens with one attached hydrogen (secondary N) is 1. The van der Waals surface area contributed by atoms with Gasteiger partial charge < -0.3 is 10.6 Å². The van der Waals surface area contributed by atoms with Crippen LogP contribution < -0.4 is 10.6 Å². The molecule has 0 saturated heterocycles. The van der Waals surface area contributed by atoms with Crippen molar-refractivity contribution in [3.05, 3.63) is 40.7 Å². The van der Waals surface area contributed by atoms with E-state index in [0.717, 1.165) is 28.9 Å². The Labute approximate surface area is 118 Å². The molecule has 1 aromatic carbocycles. The Bertz CT molecular complexity index is 625. The Hall–Kier alpha value is -2.30. The van der Waals surface area contributed by atoms with Crippen LogP contribution in [0, 0.1) is 13.8 Å². The van der Waals surface area contributed by atoms with E-state index in [1.807, 2.05) is 32.9 Å². The molecule has 0 fully saturated rings. The summed E-state index contributed by atoms with van der Waals surface area (Å²) in [5.41, 5.74) is 10.5. The average molecular weight is 272 g/mol. The third kappa shape index (κ3) is 2.52. The van der Waals surface area contributed by atoms with Crippen molar-refractivity contribution in [2.24, 2.45) is 0 Å². The topological polar surface area (TPSA) is 75.0 Å². The largest absolute Gasteiger partial charge is 0.395 e. The minimum atomic E-state index is -0.205. The lowest BCUT2D eigenvalue weighted by molar-refractivity contribution is 0.0989. The number of H-pyrrole nitrogens is 1. The van der Waals surface area contributed by atoms with Crippen molar-refractivity contribution < 1.29 is 4.79 Å². The molecule has 0 aliphatic rings. The second-order valence-electron chi connectivity index (χ2n) is 5.03. The molecule has 106 valence electrons. The highest BCUT2D eigenvalue weighted by Crippen LogP contribution is 2.22. The number of carbonyl (C=O) groups excluding carboxylic acids is 1. The SMILES string of the molecule is CCc1[nH]nc(C(=O)N(C)c2cc(C)cc(C)c2)c1N. The van der Waals surface area contributed by atoms with Gasteiger partial charge in [0.2, 0.25) is 0 Å². The Morgan fingerprint density at radius 2 is 1.90 bits per heavy atom. The minimum Gasteiger partial charge on any atom is -0.395 e. The van der Waals surface area contributed by atoms with Crippen molar-refractivity contribution in [2.45, 2.75) is 27.2 Å². The van der Waals surface area contributed by atoms with Crippen molar-refractivity contribution in [3.8, 4) is 0 Å². The minimum absolute atomic E-state index is 0.205. The third-order valence-corrected chi connectivity index (χ3v) is 3.34. The van der Waals surface area contributed by atoms with Crippen LogP contribution in [0.2, 0.25) is 0 Å². The van der Waals surface area contributed by atoms with Crippen molar-refractivity contribution in [1.82, 2.24) is 10.2 Å². The average Bonchev–Trinajstić information content (AvgIpc) is 2.77. The lowest BCUT2D eigenvalue weighted by Crippen LogP contribution is -2.27. The molecule has 0 aliphatic carbocycles.